The van der Waals surface area contributed by atoms with E-state index in [1.54, 1.807) is 11.8 Å². The van der Waals surface area contributed by atoms with E-state index in [1.807, 2.05) is 12.3 Å². The van der Waals surface area contributed by atoms with Crippen LogP contribution in [0.25, 0.3) is 0 Å². The van der Waals surface area contributed by atoms with Crippen LogP contribution in [0.3, 0.4) is 0 Å². The topological polar surface area (TPSA) is 29.0 Å². The summed E-state index contributed by atoms with van der Waals surface area (Å²) in [6.07, 6.45) is 4.42. The molecule has 1 unspecified atom stereocenters. The van der Waals surface area contributed by atoms with Crippen molar-refractivity contribution in [1.82, 2.24) is 10.2 Å². The molecule has 4 heteroatoms. The first-order valence-corrected chi connectivity index (χ1v) is 7.80. The van der Waals surface area contributed by atoms with Crippen molar-refractivity contribution in [1.29, 1.82) is 0 Å². The van der Waals surface area contributed by atoms with E-state index in [9.17, 15) is 0 Å². The summed E-state index contributed by atoms with van der Waals surface area (Å²) in [5.41, 5.74) is 1.37. The van der Waals surface area contributed by atoms with Crippen LogP contribution in [0.5, 0.6) is 0 Å². The van der Waals surface area contributed by atoms with Crippen molar-refractivity contribution in [2.45, 2.75) is 23.9 Å². The predicted octanol–water partition coefficient (Wildman–Crippen LogP) is 3.54. The molecule has 0 amide bonds. The molecule has 98 valence electrons. The van der Waals surface area contributed by atoms with E-state index in [4.69, 9.17) is 0 Å². The number of nitrogens with zero attached hydrogens (tertiary/aromatic N) is 3. The largest absolute Gasteiger partial charge is 0.348 e. The maximum absolute atomic E-state index is 4.36. The first-order valence-electron chi connectivity index (χ1n) is 6.58. The van der Waals surface area contributed by atoms with E-state index in [0.29, 0.717) is 6.04 Å². The average Bonchev–Trinajstić information content (AvgIpc) is 2.98. The van der Waals surface area contributed by atoms with Crippen LogP contribution in [0.15, 0.2) is 47.5 Å². The summed E-state index contributed by atoms with van der Waals surface area (Å²) in [6, 6.07) is 15.3. The highest BCUT2D eigenvalue weighted by Gasteiger charge is 2.27. The third kappa shape index (κ3) is 2.59. The lowest BCUT2D eigenvalue weighted by Crippen LogP contribution is -2.23. The van der Waals surface area contributed by atoms with Gasteiger partial charge in [-0.1, -0.05) is 30.3 Å². The predicted molar refractivity (Wildman–Crippen MR) is 79.6 cm³/mol. The Balaban J connectivity index is 1.86. The summed E-state index contributed by atoms with van der Waals surface area (Å²) in [5, 5.41) is 9.58. The van der Waals surface area contributed by atoms with Crippen molar-refractivity contribution < 1.29 is 0 Å². The number of hydrogen-bond donors (Lipinski definition) is 0. The van der Waals surface area contributed by atoms with Crippen molar-refractivity contribution in [3.8, 4) is 0 Å². The fourth-order valence-corrected chi connectivity index (χ4v) is 2.96. The van der Waals surface area contributed by atoms with Gasteiger partial charge in [0.05, 0.1) is 6.04 Å². The Labute approximate surface area is 118 Å². The van der Waals surface area contributed by atoms with Crippen LogP contribution in [0.1, 0.15) is 24.4 Å². The Morgan fingerprint density at radius 2 is 1.95 bits per heavy atom. The zero-order valence-electron chi connectivity index (χ0n) is 11.0. The first-order chi connectivity index (χ1) is 9.38. The van der Waals surface area contributed by atoms with Gasteiger partial charge >= 0.3 is 0 Å². The minimum Gasteiger partial charge on any atom is -0.348 e. The maximum Gasteiger partial charge on any atom is 0.151 e. The molecule has 2 heterocycles. The van der Waals surface area contributed by atoms with Crippen LogP contribution in [0, 0.1) is 0 Å². The monoisotopic (exact) mass is 271 g/mol. The second-order valence-corrected chi connectivity index (χ2v) is 5.52. The van der Waals surface area contributed by atoms with Crippen LogP contribution in [0.2, 0.25) is 0 Å². The van der Waals surface area contributed by atoms with Gasteiger partial charge < -0.3 is 4.90 Å². The Kier molecular flexibility index (Phi) is 3.69. The van der Waals surface area contributed by atoms with Gasteiger partial charge in [0.15, 0.2) is 5.82 Å². The molecule has 19 heavy (non-hydrogen) atoms. The van der Waals surface area contributed by atoms with Gasteiger partial charge in [-0.3, -0.25) is 0 Å². The molecule has 1 fully saturated rings. The zero-order chi connectivity index (χ0) is 13.1. The molecule has 0 saturated carbocycles. The Morgan fingerprint density at radius 1 is 1.11 bits per heavy atom. The van der Waals surface area contributed by atoms with Crippen LogP contribution in [-0.4, -0.2) is 23.0 Å². The van der Waals surface area contributed by atoms with Crippen LogP contribution >= 0.6 is 11.8 Å². The molecule has 0 aliphatic carbocycles. The van der Waals surface area contributed by atoms with Gasteiger partial charge in [-0.15, -0.1) is 22.0 Å². The fourth-order valence-electron chi connectivity index (χ4n) is 2.64. The summed E-state index contributed by atoms with van der Waals surface area (Å²) in [6.45, 7) is 1.06. The van der Waals surface area contributed by atoms with Gasteiger partial charge in [-0.05, 0) is 36.8 Å². The van der Waals surface area contributed by atoms with Gasteiger partial charge in [0, 0.05) is 6.54 Å². The smallest absolute Gasteiger partial charge is 0.151 e. The lowest BCUT2D eigenvalue weighted by Gasteiger charge is -2.25. The first kappa shape index (κ1) is 12.5. The number of thioether (sulfide) groups is 1. The fraction of sp³-hybridized carbons (Fsp3) is 0.333. The van der Waals surface area contributed by atoms with E-state index >= 15 is 0 Å². The second-order valence-electron chi connectivity index (χ2n) is 4.70. The van der Waals surface area contributed by atoms with Crippen molar-refractivity contribution in [3.05, 3.63) is 48.0 Å². The molecule has 0 N–H and O–H groups in total. The summed E-state index contributed by atoms with van der Waals surface area (Å²) >= 11 is 1.63. The van der Waals surface area contributed by atoms with E-state index in [0.717, 1.165) is 17.4 Å². The Morgan fingerprint density at radius 3 is 2.63 bits per heavy atom. The summed E-state index contributed by atoms with van der Waals surface area (Å²) in [4.78, 5) is 2.37. The van der Waals surface area contributed by atoms with Crippen LogP contribution in [0.4, 0.5) is 5.82 Å². The number of rotatable bonds is 3. The Bertz CT molecular complexity index is 527. The molecular weight excluding hydrogens is 254 g/mol. The molecule has 2 aromatic rings. The molecule has 1 aromatic carbocycles. The molecular formula is C15H17N3S. The van der Waals surface area contributed by atoms with Crippen molar-refractivity contribution in [3.63, 3.8) is 0 Å². The van der Waals surface area contributed by atoms with Crippen LogP contribution < -0.4 is 4.90 Å². The summed E-state index contributed by atoms with van der Waals surface area (Å²) in [5.74, 6) is 0.990. The summed E-state index contributed by atoms with van der Waals surface area (Å²) < 4.78 is 0. The minimum absolute atomic E-state index is 0.440. The normalized spacial score (nSPS) is 18.8. The average molecular weight is 271 g/mol. The molecule has 1 saturated heterocycles. The van der Waals surface area contributed by atoms with Crippen LogP contribution in [-0.2, 0) is 0 Å². The molecule has 1 aliphatic heterocycles. The quantitative estimate of drug-likeness (QED) is 0.798. The van der Waals surface area contributed by atoms with E-state index < -0.39 is 0 Å². The molecule has 0 spiro atoms. The van der Waals surface area contributed by atoms with Crippen molar-refractivity contribution >= 4 is 17.6 Å². The molecule has 3 rings (SSSR count). The highest BCUT2D eigenvalue weighted by Crippen LogP contribution is 2.34. The SMILES string of the molecule is CSc1ccc(N2CCCC2c2ccccc2)nn1. The number of anilines is 1. The molecule has 0 radical (unpaired) electrons. The van der Waals surface area contributed by atoms with Gasteiger partial charge in [0.1, 0.15) is 5.03 Å². The minimum atomic E-state index is 0.440. The lowest BCUT2D eigenvalue weighted by atomic mass is 10.0. The standard InChI is InChI=1S/C15H17N3S/c1-19-15-10-9-14(16-17-15)18-11-5-8-13(18)12-6-3-2-4-7-12/h2-4,6-7,9-10,13H,5,8,11H2,1H3. The molecule has 0 bridgehead atoms. The van der Waals surface area contributed by atoms with Gasteiger partial charge in [0.2, 0.25) is 0 Å². The Hall–Kier alpha value is -1.55. The second kappa shape index (κ2) is 5.61. The highest BCUT2D eigenvalue weighted by atomic mass is 32.2. The zero-order valence-corrected chi connectivity index (χ0v) is 11.8. The highest BCUT2D eigenvalue weighted by molar-refractivity contribution is 7.98. The van der Waals surface area contributed by atoms with E-state index in [-0.39, 0.29) is 0 Å². The lowest BCUT2D eigenvalue weighted by molar-refractivity contribution is 0.702. The molecule has 1 atom stereocenters. The van der Waals surface area contributed by atoms with Gasteiger partial charge in [0.25, 0.3) is 0 Å². The van der Waals surface area contributed by atoms with Crippen molar-refractivity contribution in [2.24, 2.45) is 0 Å². The third-order valence-corrected chi connectivity index (χ3v) is 4.20. The molecule has 3 nitrogen and oxygen atoms in total. The molecule has 1 aromatic heterocycles. The number of hydrogen-bond acceptors (Lipinski definition) is 4. The van der Waals surface area contributed by atoms with Crippen molar-refractivity contribution in [2.75, 3.05) is 17.7 Å². The maximum atomic E-state index is 4.36. The molecule has 1 aliphatic rings. The van der Waals surface area contributed by atoms with E-state index in [1.165, 1.54) is 18.4 Å². The van der Waals surface area contributed by atoms with Gasteiger partial charge in [-0.25, -0.2) is 0 Å². The van der Waals surface area contributed by atoms with E-state index in [2.05, 4.69) is 51.5 Å². The summed E-state index contributed by atoms with van der Waals surface area (Å²) in [7, 11) is 0. The number of benzene rings is 1. The van der Waals surface area contributed by atoms with Gasteiger partial charge in [-0.2, -0.15) is 0 Å². The number of aromatic nitrogens is 2. The third-order valence-electron chi connectivity index (χ3n) is 3.57.